The van der Waals surface area contributed by atoms with Gasteiger partial charge in [0.25, 0.3) is 15.9 Å². The zero-order valence-electron chi connectivity index (χ0n) is 16.8. The van der Waals surface area contributed by atoms with Crippen LogP contribution in [0.2, 0.25) is 0 Å². The molecule has 0 unspecified atom stereocenters. The first kappa shape index (κ1) is 20.5. The third-order valence-corrected chi connectivity index (χ3v) is 6.44. The predicted octanol–water partition coefficient (Wildman–Crippen LogP) is 3.80. The van der Waals surface area contributed by atoms with Gasteiger partial charge in [-0.2, -0.15) is 0 Å². The van der Waals surface area contributed by atoms with Crippen LogP contribution in [0.15, 0.2) is 71.6 Å². The van der Waals surface area contributed by atoms with Gasteiger partial charge in [-0.1, -0.05) is 29.8 Å². The molecule has 2 aromatic carbocycles. The zero-order valence-corrected chi connectivity index (χ0v) is 17.6. The summed E-state index contributed by atoms with van der Waals surface area (Å²) >= 11 is 0. The summed E-state index contributed by atoms with van der Waals surface area (Å²) in [5.41, 5.74) is 2.65. The molecule has 0 bridgehead atoms. The van der Waals surface area contributed by atoms with E-state index in [1.165, 1.54) is 28.4 Å². The minimum Gasteiger partial charge on any atom is -0.296 e. The number of sulfonamides is 1. The van der Waals surface area contributed by atoms with E-state index in [0.717, 1.165) is 11.3 Å². The summed E-state index contributed by atoms with van der Waals surface area (Å²) in [6.45, 7) is 3.78. The van der Waals surface area contributed by atoms with Crippen molar-refractivity contribution in [2.75, 3.05) is 23.3 Å². The maximum atomic E-state index is 13.1. The third kappa shape index (κ3) is 4.30. The van der Waals surface area contributed by atoms with Crippen molar-refractivity contribution in [2.45, 2.75) is 18.7 Å². The highest BCUT2D eigenvalue weighted by Crippen LogP contribution is 2.24. The fourth-order valence-electron chi connectivity index (χ4n) is 2.85. The maximum absolute atomic E-state index is 13.1. The summed E-state index contributed by atoms with van der Waals surface area (Å²) in [5, 5.41) is 0. The molecule has 0 saturated heterocycles. The Bertz CT molecular complexity index is 1140. The van der Waals surface area contributed by atoms with E-state index >= 15 is 0 Å². The highest BCUT2D eigenvalue weighted by molar-refractivity contribution is 7.92. The Morgan fingerprint density at radius 2 is 1.55 bits per heavy atom. The van der Waals surface area contributed by atoms with Gasteiger partial charge in [-0.3, -0.25) is 14.0 Å². The quantitative estimate of drug-likeness (QED) is 0.643. The molecule has 3 aromatic rings. The Morgan fingerprint density at radius 1 is 0.897 bits per heavy atom. The number of pyridine rings is 1. The monoisotopic (exact) mass is 409 g/mol. The number of hydrogen-bond acceptors (Lipinski definition) is 4. The first-order valence-corrected chi connectivity index (χ1v) is 10.5. The minimum atomic E-state index is -3.81. The van der Waals surface area contributed by atoms with E-state index in [4.69, 9.17) is 0 Å². The lowest BCUT2D eigenvalue weighted by atomic mass is 10.2. The van der Waals surface area contributed by atoms with Gasteiger partial charge in [0.2, 0.25) is 0 Å². The smallest absolute Gasteiger partial charge is 0.264 e. The summed E-state index contributed by atoms with van der Waals surface area (Å²) < 4.78 is 27.3. The van der Waals surface area contributed by atoms with E-state index in [1.807, 2.05) is 38.1 Å². The van der Waals surface area contributed by atoms with Crippen LogP contribution >= 0.6 is 0 Å². The van der Waals surface area contributed by atoms with Crippen molar-refractivity contribution in [2.24, 2.45) is 0 Å². The lowest BCUT2D eigenvalue weighted by molar-refractivity contribution is 0.0992. The molecule has 0 aliphatic heterocycles. The molecule has 0 aliphatic carbocycles. The highest BCUT2D eigenvalue weighted by Gasteiger charge is 2.23. The van der Waals surface area contributed by atoms with Crippen LogP contribution in [0.1, 0.15) is 21.6 Å². The number of carbonyl (C=O) groups excluding carboxylic acids is 1. The van der Waals surface area contributed by atoms with Crippen LogP contribution in [0.25, 0.3) is 0 Å². The van der Waals surface area contributed by atoms with E-state index in [-0.39, 0.29) is 16.4 Å². The molecule has 0 fully saturated rings. The summed E-state index contributed by atoms with van der Waals surface area (Å²) in [4.78, 5) is 18.7. The van der Waals surface area contributed by atoms with Gasteiger partial charge in [-0.25, -0.2) is 13.4 Å². The molecular formula is C22H23N3O3S. The Balaban J connectivity index is 1.92. The van der Waals surface area contributed by atoms with Gasteiger partial charge in [-0.15, -0.1) is 0 Å². The molecule has 1 amide bonds. The fraction of sp³-hybridized carbons (Fsp3) is 0.182. The molecule has 0 spiro atoms. The molecule has 150 valence electrons. The van der Waals surface area contributed by atoms with Crippen LogP contribution in [0, 0.1) is 13.8 Å². The second-order valence-electron chi connectivity index (χ2n) is 6.84. The SMILES string of the molecule is Cc1ccc(N(C)S(=O)(=O)c2cccc(C(=O)N(C)c3cccc(C)n3)c2)cc1. The van der Waals surface area contributed by atoms with Gasteiger partial charge in [0, 0.05) is 25.4 Å². The number of rotatable bonds is 5. The van der Waals surface area contributed by atoms with Gasteiger partial charge in [0.15, 0.2) is 0 Å². The fourth-order valence-corrected chi connectivity index (χ4v) is 4.10. The molecule has 6 nitrogen and oxygen atoms in total. The second kappa shape index (κ2) is 8.05. The normalized spacial score (nSPS) is 11.2. The molecule has 1 aromatic heterocycles. The van der Waals surface area contributed by atoms with Gasteiger partial charge in [-0.05, 0) is 56.3 Å². The molecule has 29 heavy (non-hydrogen) atoms. The molecule has 7 heteroatoms. The summed E-state index contributed by atoms with van der Waals surface area (Å²) in [7, 11) is -0.699. The topological polar surface area (TPSA) is 70.6 Å². The number of hydrogen-bond donors (Lipinski definition) is 0. The number of amides is 1. The Morgan fingerprint density at radius 3 is 2.21 bits per heavy atom. The summed E-state index contributed by atoms with van der Waals surface area (Å²) in [5.74, 6) is 0.165. The van der Waals surface area contributed by atoms with Crippen LogP contribution in [0.3, 0.4) is 0 Å². The first-order valence-electron chi connectivity index (χ1n) is 9.07. The lowest BCUT2D eigenvalue weighted by Crippen LogP contribution is -2.29. The van der Waals surface area contributed by atoms with E-state index in [1.54, 1.807) is 37.4 Å². The van der Waals surface area contributed by atoms with Gasteiger partial charge >= 0.3 is 0 Å². The van der Waals surface area contributed by atoms with Gasteiger partial charge in [0.05, 0.1) is 10.6 Å². The van der Waals surface area contributed by atoms with Crippen molar-refractivity contribution in [3.05, 3.63) is 83.6 Å². The van der Waals surface area contributed by atoms with E-state index in [9.17, 15) is 13.2 Å². The maximum Gasteiger partial charge on any atom is 0.264 e. The van der Waals surface area contributed by atoms with Crippen molar-refractivity contribution in [3.63, 3.8) is 0 Å². The Kier molecular flexibility index (Phi) is 5.70. The molecule has 0 radical (unpaired) electrons. The van der Waals surface area contributed by atoms with Crippen LogP contribution in [-0.2, 0) is 10.0 Å². The highest BCUT2D eigenvalue weighted by atomic mass is 32.2. The average Bonchev–Trinajstić information content (AvgIpc) is 2.72. The van der Waals surface area contributed by atoms with E-state index in [0.29, 0.717) is 11.5 Å². The predicted molar refractivity (Wildman–Crippen MR) is 115 cm³/mol. The van der Waals surface area contributed by atoms with E-state index < -0.39 is 10.0 Å². The summed E-state index contributed by atoms with van der Waals surface area (Å²) in [6, 6.07) is 18.6. The van der Waals surface area contributed by atoms with Gasteiger partial charge in [0.1, 0.15) is 5.82 Å². The Hall–Kier alpha value is -3.19. The minimum absolute atomic E-state index is 0.0528. The molecular weight excluding hydrogens is 386 g/mol. The van der Waals surface area contributed by atoms with Crippen molar-refractivity contribution in [1.29, 1.82) is 0 Å². The molecule has 3 rings (SSSR count). The van der Waals surface area contributed by atoms with Crippen LogP contribution < -0.4 is 9.21 Å². The standard InChI is InChI=1S/C22H23N3O3S/c1-16-11-13-19(14-12-16)25(4)29(27,28)20-9-6-8-18(15-20)22(26)24(3)21-10-5-7-17(2)23-21/h5-15H,1-4H3. The number of carbonyl (C=O) groups is 1. The van der Waals surface area contributed by atoms with E-state index in [2.05, 4.69) is 4.98 Å². The lowest BCUT2D eigenvalue weighted by Gasteiger charge is -2.21. The molecule has 0 atom stereocenters. The third-order valence-electron chi connectivity index (χ3n) is 4.66. The molecule has 0 aliphatic rings. The van der Waals surface area contributed by atoms with Crippen molar-refractivity contribution in [1.82, 2.24) is 4.98 Å². The van der Waals surface area contributed by atoms with Crippen molar-refractivity contribution in [3.8, 4) is 0 Å². The van der Waals surface area contributed by atoms with Crippen LogP contribution in [0.4, 0.5) is 11.5 Å². The molecule has 0 N–H and O–H groups in total. The van der Waals surface area contributed by atoms with Crippen molar-refractivity contribution >= 4 is 27.4 Å². The van der Waals surface area contributed by atoms with Crippen molar-refractivity contribution < 1.29 is 13.2 Å². The first-order chi connectivity index (χ1) is 13.7. The number of benzene rings is 2. The second-order valence-corrected chi connectivity index (χ2v) is 8.81. The summed E-state index contributed by atoms with van der Waals surface area (Å²) in [6.07, 6.45) is 0. The number of anilines is 2. The largest absolute Gasteiger partial charge is 0.296 e. The number of nitrogens with zero attached hydrogens (tertiary/aromatic N) is 3. The Labute approximate surface area is 171 Å². The molecule has 0 saturated carbocycles. The van der Waals surface area contributed by atoms with Gasteiger partial charge < -0.3 is 0 Å². The van der Waals surface area contributed by atoms with Crippen LogP contribution in [0.5, 0.6) is 0 Å². The number of aryl methyl sites for hydroxylation is 2. The average molecular weight is 410 g/mol. The number of aromatic nitrogens is 1. The van der Waals surface area contributed by atoms with Crippen LogP contribution in [-0.4, -0.2) is 33.4 Å². The zero-order chi connectivity index (χ0) is 21.2. The molecule has 1 heterocycles.